The molecule has 0 spiro atoms. The van der Waals surface area contributed by atoms with Crippen molar-refractivity contribution in [3.8, 4) is 11.5 Å². The lowest BCUT2D eigenvalue weighted by molar-refractivity contribution is -0.286. The van der Waals surface area contributed by atoms with Crippen molar-refractivity contribution in [1.82, 2.24) is 20.1 Å². The molecule has 1 unspecified atom stereocenters. The SMILES string of the molecule is CNC(=O)[C@@H]1[C@@H](Cc2ccnc(N)c2)C(=O)N1C(=O)N1CCCC(c2ccc3c(c2)OC(F)(F)O3)C1. The van der Waals surface area contributed by atoms with Crippen molar-refractivity contribution in [3.05, 3.63) is 47.7 Å². The number of β-lactam (4-membered cyclic amide) rings is 1. The van der Waals surface area contributed by atoms with Crippen molar-refractivity contribution in [2.24, 2.45) is 5.92 Å². The molecule has 2 fully saturated rings. The standard InChI is InChI=1S/C24H25F2N5O5/c1-28-21(32)20-16(9-13-6-7-29-19(27)10-13)22(33)31(20)23(34)30-8-2-3-15(12-30)14-4-5-17-18(11-14)36-24(25,26)35-17/h4-7,10-11,15-16,20H,2-3,8-9,12H2,1H3,(H2,27,29)(H,28,32)/t15?,16-,20+/m1/s1. The Hall–Kier alpha value is -3.96. The molecule has 1 aromatic carbocycles. The lowest BCUT2D eigenvalue weighted by atomic mass is 9.82. The molecule has 1 aromatic heterocycles. The van der Waals surface area contributed by atoms with Crippen molar-refractivity contribution < 1.29 is 32.6 Å². The Bertz CT molecular complexity index is 1230. The highest BCUT2D eigenvalue weighted by molar-refractivity contribution is 6.09. The van der Waals surface area contributed by atoms with Crippen molar-refractivity contribution >= 4 is 23.7 Å². The van der Waals surface area contributed by atoms with E-state index < -0.39 is 36.1 Å². The molecular formula is C24H25F2N5O5. The largest absolute Gasteiger partial charge is 0.586 e. The minimum atomic E-state index is -3.71. The fourth-order valence-electron chi connectivity index (χ4n) is 5.08. The molecule has 3 N–H and O–H groups in total. The van der Waals surface area contributed by atoms with Crippen molar-refractivity contribution in [3.63, 3.8) is 0 Å². The summed E-state index contributed by atoms with van der Waals surface area (Å²) in [6.45, 7) is 0.679. The molecule has 0 bridgehead atoms. The molecule has 0 radical (unpaired) electrons. The minimum Gasteiger partial charge on any atom is -0.395 e. The monoisotopic (exact) mass is 501 g/mol. The first kappa shape index (κ1) is 23.8. The van der Waals surface area contributed by atoms with Crippen molar-refractivity contribution in [2.75, 3.05) is 25.9 Å². The fraction of sp³-hybridized carbons (Fsp3) is 0.417. The van der Waals surface area contributed by atoms with E-state index in [2.05, 4.69) is 19.8 Å². The second kappa shape index (κ2) is 8.92. The predicted octanol–water partition coefficient (Wildman–Crippen LogP) is 2.10. The molecule has 0 saturated carbocycles. The first-order chi connectivity index (χ1) is 17.2. The number of hydrogen-bond acceptors (Lipinski definition) is 7. The second-order valence-corrected chi connectivity index (χ2v) is 9.11. The third kappa shape index (κ3) is 4.27. The highest BCUT2D eigenvalue weighted by Gasteiger charge is 2.55. The summed E-state index contributed by atoms with van der Waals surface area (Å²) in [6.07, 6.45) is -0.568. The minimum absolute atomic E-state index is 0.0471. The van der Waals surface area contributed by atoms with Gasteiger partial charge in [0, 0.05) is 32.3 Å². The number of imide groups is 1. The van der Waals surface area contributed by atoms with Crippen molar-refractivity contribution in [2.45, 2.75) is 37.5 Å². The number of anilines is 1. The van der Waals surface area contributed by atoms with E-state index in [1.54, 1.807) is 18.2 Å². The number of alkyl halides is 2. The smallest absolute Gasteiger partial charge is 0.395 e. The van der Waals surface area contributed by atoms with E-state index in [9.17, 15) is 23.2 Å². The summed E-state index contributed by atoms with van der Waals surface area (Å²) in [5.74, 6) is -1.53. The number of nitrogens with one attached hydrogen (secondary N) is 1. The van der Waals surface area contributed by atoms with Crippen LogP contribution in [-0.2, 0) is 16.0 Å². The van der Waals surface area contributed by atoms with Crippen LogP contribution in [-0.4, -0.2) is 65.1 Å². The van der Waals surface area contributed by atoms with E-state index in [-0.39, 0.29) is 30.4 Å². The lowest BCUT2D eigenvalue weighted by Crippen LogP contribution is -2.70. The van der Waals surface area contributed by atoms with Crippen LogP contribution in [0.1, 0.15) is 29.9 Å². The van der Waals surface area contributed by atoms with Gasteiger partial charge in [0.05, 0.1) is 5.92 Å². The van der Waals surface area contributed by atoms with Crippen molar-refractivity contribution in [1.29, 1.82) is 0 Å². The quantitative estimate of drug-likeness (QED) is 0.615. The average Bonchev–Trinajstić information content (AvgIpc) is 3.18. The number of ether oxygens (including phenoxy) is 2. The highest BCUT2D eigenvalue weighted by atomic mass is 19.3. The number of fused-ring (bicyclic) bond motifs is 1. The highest BCUT2D eigenvalue weighted by Crippen LogP contribution is 2.43. The molecule has 3 atom stereocenters. The second-order valence-electron chi connectivity index (χ2n) is 9.11. The van der Waals surface area contributed by atoms with Gasteiger partial charge in [0.25, 0.3) is 0 Å². The average molecular weight is 501 g/mol. The maximum atomic E-state index is 13.4. The number of halogens is 2. The van der Waals surface area contributed by atoms with Crippen LogP contribution in [0.15, 0.2) is 36.5 Å². The Balaban J connectivity index is 1.31. The zero-order chi connectivity index (χ0) is 25.6. The van der Waals surface area contributed by atoms with Crippen LogP contribution in [0.4, 0.5) is 19.4 Å². The van der Waals surface area contributed by atoms with E-state index in [4.69, 9.17) is 5.73 Å². The Morgan fingerprint density at radius 1 is 1.22 bits per heavy atom. The van der Waals surface area contributed by atoms with Gasteiger partial charge in [-0.3, -0.25) is 14.5 Å². The number of hydrogen-bond donors (Lipinski definition) is 2. The molecule has 2 aromatic rings. The Labute approximate surface area is 205 Å². The first-order valence-corrected chi connectivity index (χ1v) is 11.6. The van der Waals surface area contributed by atoms with Crippen LogP contribution in [0.5, 0.6) is 11.5 Å². The summed E-state index contributed by atoms with van der Waals surface area (Å²) >= 11 is 0. The summed E-state index contributed by atoms with van der Waals surface area (Å²) in [4.78, 5) is 45.6. The molecule has 2 saturated heterocycles. The predicted molar refractivity (Wildman–Crippen MR) is 122 cm³/mol. The molecule has 190 valence electrons. The Morgan fingerprint density at radius 3 is 2.75 bits per heavy atom. The van der Waals surface area contributed by atoms with Gasteiger partial charge in [-0.2, -0.15) is 0 Å². The summed E-state index contributed by atoms with van der Waals surface area (Å²) in [5, 5.41) is 2.54. The van der Waals surface area contributed by atoms with Crippen LogP contribution >= 0.6 is 0 Å². The number of aromatic nitrogens is 1. The first-order valence-electron chi connectivity index (χ1n) is 11.6. The van der Waals surface area contributed by atoms with Gasteiger partial charge in [0.1, 0.15) is 11.9 Å². The van der Waals surface area contributed by atoms with Gasteiger partial charge in [-0.15, -0.1) is 8.78 Å². The van der Waals surface area contributed by atoms with E-state index in [0.29, 0.717) is 18.8 Å². The number of nitrogens with two attached hydrogens (primary N) is 1. The van der Waals surface area contributed by atoms with Gasteiger partial charge in [-0.25, -0.2) is 9.78 Å². The number of amides is 4. The van der Waals surface area contributed by atoms with Crippen LogP contribution in [0, 0.1) is 5.92 Å². The number of piperidine rings is 1. The van der Waals surface area contributed by atoms with Gasteiger partial charge in [-0.1, -0.05) is 6.07 Å². The normalized spacial score (nSPS) is 24.3. The number of nitrogen functional groups attached to an aromatic ring is 1. The fourth-order valence-corrected chi connectivity index (χ4v) is 5.08. The van der Waals surface area contributed by atoms with Crippen LogP contribution in [0.2, 0.25) is 0 Å². The molecule has 5 rings (SSSR count). The van der Waals surface area contributed by atoms with E-state index in [1.807, 2.05) is 0 Å². The number of likely N-dealkylation sites (N-methyl/N-ethyl adjacent to an activating group) is 1. The number of carbonyl (C=O) groups is 3. The van der Waals surface area contributed by atoms with Crippen LogP contribution in [0.25, 0.3) is 0 Å². The van der Waals surface area contributed by atoms with Crippen LogP contribution < -0.4 is 20.5 Å². The maximum Gasteiger partial charge on any atom is 0.586 e. The van der Waals surface area contributed by atoms with Gasteiger partial charge >= 0.3 is 12.3 Å². The summed E-state index contributed by atoms with van der Waals surface area (Å²) in [7, 11) is 1.45. The third-order valence-corrected chi connectivity index (χ3v) is 6.82. The molecule has 36 heavy (non-hydrogen) atoms. The van der Waals surface area contributed by atoms with Gasteiger partial charge in [0.2, 0.25) is 11.8 Å². The summed E-state index contributed by atoms with van der Waals surface area (Å²) in [5.41, 5.74) is 7.19. The number of likely N-dealkylation sites (tertiary alicyclic amines) is 2. The molecule has 12 heteroatoms. The lowest BCUT2D eigenvalue weighted by Gasteiger charge is -2.47. The number of carbonyl (C=O) groups excluding carboxylic acids is 3. The number of urea groups is 1. The summed E-state index contributed by atoms with van der Waals surface area (Å²) in [6, 6.07) is 6.44. The Kier molecular flexibility index (Phi) is 5.89. The van der Waals surface area contributed by atoms with Gasteiger partial charge < -0.3 is 25.4 Å². The molecule has 3 aliphatic heterocycles. The number of benzene rings is 1. The van der Waals surface area contributed by atoms with Gasteiger partial charge in [0.15, 0.2) is 11.5 Å². The zero-order valence-corrected chi connectivity index (χ0v) is 19.4. The number of nitrogens with zero attached hydrogens (tertiary/aromatic N) is 3. The third-order valence-electron chi connectivity index (χ3n) is 6.82. The van der Waals surface area contributed by atoms with E-state index in [0.717, 1.165) is 22.4 Å². The molecule has 4 amide bonds. The van der Waals surface area contributed by atoms with Crippen LogP contribution in [0.3, 0.4) is 0 Å². The van der Waals surface area contributed by atoms with Gasteiger partial charge in [-0.05, 0) is 54.7 Å². The number of rotatable bonds is 4. The number of pyridine rings is 1. The molecule has 3 aliphatic rings. The summed E-state index contributed by atoms with van der Waals surface area (Å²) < 4.78 is 35.8. The zero-order valence-electron chi connectivity index (χ0n) is 19.4. The Morgan fingerprint density at radius 2 is 2.00 bits per heavy atom. The topological polar surface area (TPSA) is 127 Å². The van der Waals surface area contributed by atoms with E-state index in [1.165, 1.54) is 30.3 Å². The van der Waals surface area contributed by atoms with E-state index >= 15 is 0 Å². The molecule has 10 nitrogen and oxygen atoms in total. The molecular weight excluding hydrogens is 476 g/mol. The molecule has 0 aliphatic carbocycles. The molecule has 4 heterocycles. The maximum absolute atomic E-state index is 13.4.